The van der Waals surface area contributed by atoms with Crippen molar-refractivity contribution in [2.75, 3.05) is 0 Å². The van der Waals surface area contributed by atoms with Gasteiger partial charge in [-0.25, -0.2) is 0 Å². The molecule has 1 aromatic heterocycles. The van der Waals surface area contributed by atoms with E-state index in [9.17, 15) is 4.79 Å². The van der Waals surface area contributed by atoms with Gasteiger partial charge in [-0.1, -0.05) is 21.1 Å². The van der Waals surface area contributed by atoms with Crippen molar-refractivity contribution in [3.63, 3.8) is 0 Å². The summed E-state index contributed by atoms with van der Waals surface area (Å²) in [5.74, 6) is 0.787. The monoisotopic (exact) mass is 309 g/mol. The molecule has 0 bridgehead atoms. The molecule has 1 amide bonds. The van der Waals surface area contributed by atoms with E-state index in [-0.39, 0.29) is 12.5 Å². The number of hydrogen-bond acceptors (Lipinski definition) is 4. The number of hydrogen-bond donors (Lipinski definition) is 1. The van der Waals surface area contributed by atoms with E-state index in [1.54, 1.807) is 13.0 Å². The molecule has 0 aliphatic heterocycles. The van der Waals surface area contributed by atoms with E-state index in [2.05, 4.69) is 31.4 Å². The summed E-state index contributed by atoms with van der Waals surface area (Å²) >= 11 is 3.39. The average Bonchev–Trinajstić information content (AvgIpc) is 2.75. The maximum absolute atomic E-state index is 11.9. The van der Waals surface area contributed by atoms with Gasteiger partial charge in [0.05, 0.1) is 6.54 Å². The molecule has 6 heteroatoms. The van der Waals surface area contributed by atoms with Crippen molar-refractivity contribution < 1.29 is 9.32 Å². The third-order valence-corrected chi connectivity index (χ3v) is 3.28. The van der Waals surface area contributed by atoms with Crippen molar-refractivity contribution in [2.45, 2.75) is 20.4 Å². The zero-order chi connectivity index (χ0) is 13.1. The minimum absolute atomic E-state index is 0.165. The van der Waals surface area contributed by atoms with Crippen LogP contribution >= 0.6 is 15.9 Å². The smallest absolute Gasteiger partial charge is 0.251 e. The molecule has 0 spiro atoms. The van der Waals surface area contributed by atoms with Crippen LogP contribution < -0.4 is 5.32 Å². The zero-order valence-corrected chi connectivity index (χ0v) is 11.6. The molecule has 2 aromatic rings. The molecule has 18 heavy (non-hydrogen) atoms. The standard InChI is InChI=1S/C12H12BrN3O2/c1-7-5-9(3-4-10(7)13)12(17)14-6-11-15-8(2)16-18-11/h3-5H,6H2,1-2H3,(H,14,17). The maximum atomic E-state index is 11.9. The molecule has 0 aliphatic rings. The van der Waals surface area contributed by atoms with Crippen LogP contribution in [-0.4, -0.2) is 16.0 Å². The highest BCUT2D eigenvalue weighted by molar-refractivity contribution is 9.10. The number of carbonyl (C=O) groups excluding carboxylic acids is 1. The van der Waals surface area contributed by atoms with E-state index in [1.165, 1.54) is 0 Å². The highest BCUT2D eigenvalue weighted by Gasteiger charge is 2.09. The van der Waals surface area contributed by atoms with Gasteiger partial charge in [-0.05, 0) is 37.6 Å². The number of aromatic nitrogens is 2. The Morgan fingerprint density at radius 3 is 2.83 bits per heavy atom. The summed E-state index contributed by atoms with van der Waals surface area (Å²) in [7, 11) is 0. The number of nitrogens with one attached hydrogen (secondary N) is 1. The van der Waals surface area contributed by atoms with Gasteiger partial charge in [0.1, 0.15) is 0 Å². The first-order valence-corrected chi connectivity index (χ1v) is 6.19. The van der Waals surface area contributed by atoms with Gasteiger partial charge in [0.15, 0.2) is 5.82 Å². The van der Waals surface area contributed by atoms with Crippen LogP contribution in [0.2, 0.25) is 0 Å². The van der Waals surface area contributed by atoms with E-state index >= 15 is 0 Å². The van der Waals surface area contributed by atoms with E-state index in [0.717, 1.165) is 10.0 Å². The van der Waals surface area contributed by atoms with E-state index < -0.39 is 0 Å². The summed E-state index contributed by atoms with van der Waals surface area (Å²) in [5.41, 5.74) is 1.61. The van der Waals surface area contributed by atoms with Crippen LogP contribution in [0.15, 0.2) is 27.2 Å². The molecule has 0 radical (unpaired) electrons. The molecule has 1 N–H and O–H groups in total. The van der Waals surface area contributed by atoms with Crippen LogP contribution in [0.25, 0.3) is 0 Å². The molecule has 5 nitrogen and oxygen atoms in total. The number of rotatable bonds is 3. The van der Waals surface area contributed by atoms with Crippen LogP contribution in [0.4, 0.5) is 0 Å². The second-order valence-electron chi connectivity index (χ2n) is 3.88. The lowest BCUT2D eigenvalue weighted by Crippen LogP contribution is -2.23. The lowest BCUT2D eigenvalue weighted by atomic mass is 10.1. The Bertz CT molecular complexity index is 580. The summed E-state index contributed by atoms with van der Waals surface area (Å²) in [4.78, 5) is 15.9. The normalized spacial score (nSPS) is 10.4. The summed E-state index contributed by atoms with van der Waals surface area (Å²) in [6.07, 6.45) is 0. The number of amides is 1. The molecule has 1 aromatic carbocycles. The Kier molecular flexibility index (Phi) is 3.76. The van der Waals surface area contributed by atoms with Gasteiger partial charge in [0.2, 0.25) is 5.89 Å². The summed E-state index contributed by atoms with van der Waals surface area (Å²) in [5, 5.41) is 6.37. The highest BCUT2D eigenvalue weighted by Crippen LogP contribution is 2.17. The zero-order valence-electron chi connectivity index (χ0n) is 10.0. The fraction of sp³-hybridized carbons (Fsp3) is 0.250. The number of nitrogens with zero attached hydrogens (tertiary/aromatic N) is 2. The van der Waals surface area contributed by atoms with Crippen molar-refractivity contribution in [1.82, 2.24) is 15.5 Å². The van der Waals surface area contributed by atoms with Gasteiger partial charge in [-0.15, -0.1) is 0 Å². The largest absolute Gasteiger partial charge is 0.343 e. The van der Waals surface area contributed by atoms with Crippen LogP contribution in [0.5, 0.6) is 0 Å². The molecule has 2 rings (SSSR count). The molecular formula is C12H12BrN3O2. The van der Waals surface area contributed by atoms with Crippen LogP contribution in [-0.2, 0) is 6.54 Å². The number of carbonyl (C=O) groups is 1. The van der Waals surface area contributed by atoms with Gasteiger partial charge >= 0.3 is 0 Å². The van der Waals surface area contributed by atoms with Gasteiger partial charge in [-0.2, -0.15) is 4.98 Å². The molecule has 0 aliphatic carbocycles. The van der Waals surface area contributed by atoms with Crippen LogP contribution in [0.1, 0.15) is 27.6 Å². The van der Waals surface area contributed by atoms with Gasteiger partial charge in [-0.3, -0.25) is 4.79 Å². The Morgan fingerprint density at radius 2 is 2.22 bits per heavy atom. The second kappa shape index (κ2) is 5.30. The van der Waals surface area contributed by atoms with Crippen molar-refractivity contribution in [2.24, 2.45) is 0 Å². The molecule has 0 saturated carbocycles. The molecule has 1 heterocycles. The Labute approximate surface area is 113 Å². The fourth-order valence-electron chi connectivity index (χ4n) is 1.46. The predicted molar refractivity (Wildman–Crippen MR) is 69.1 cm³/mol. The molecule has 94 valence electrons. The predicted octanol–water partition coefficient (Wildman–Crippen LogP) is 2.38. The topological polar surface area (TPSA) is 68.0 Å². The van der Waals surface area contributed by atoms with E-state index in [0.29, 0.717) is 17.3 Å². The third kappa shape index (κ3) is 2.95. The van der Waals surface area contributed by atoms with E-state index in [1.807, 2.05) is 19.1 Å². The maximum Gasteiger partial charge on any atom is 0.251 e. The minimum atomic E-state index is -0.165. The number of halogens is 1. The third-order valence-electron chi connectivity index (χ3n) is 2.39. The molecule has 0 atom stereocenters. The van der Waals surface area contributed by atoms with Crippen molar-refractivity contribution in [1.29, 1.82) is 0 Å². The van der Waals surface area contributed by atoms with Crippen LogP contribution in [0, 0.1) is 13.8 Å². The highest BCUT2D eigenvalue weighted by atomic mass is 79.9. The first-order chi connectivity index (χ1) is 8.56. The van der Waals surface area contributed by atoms with Gasteiger partial charge in [0.25, 0.3) is 5.91 Å². The Morgan fingerprint density at radius 1 is 1.44 bits per heavy atom. The summed E-state index contributed by atoms with van der Waals surface area (Å²) in [6, 6.07) is 5.42. The quantitative estimate of drug-likeness (QED) is 0.945. The summed E-state index contributed by atoms with van der Waals surface area (Å²) in [6.45, 7) is 3.89. The molecule has 0 fully saturated rings. The average molecular weight is 310 g/mol. The summed E-state index contributed by atoms with van der Waals surface area (Å²) < 4.78 is 5.89. The lowest BCUT2D eigenvalue weighted by Gasteiger charge is -2.04. The Balaban J connectivity index is 2.01. The SMILES string of the molecule is Cc1noc(CNC(=O)c2ccc(Br)c(C)c2)n1. The van der Waals surface area contributed by atoms with Crippen molar-refractivity contribution >= 4 is 21.8 Å². The number of benzene rings is 1. The number of aryl methyl sites for hydroxylation is 2. The molecule has 0 unspecified atom stereocenters. The van der Waals surface area contributed by atoms with Gasteiger partial charge < -0.3 is 9.84 Å². The van der Waals surface area contributed by atoms with Crippen molar-refractivity contribution in [3.05, 3.63) is 45.5 Å². The first kappa shape index (κ1) is 12.8. The van der Waals surface area contributed by atoms with Crippen molar-refractivity contribution in [3.8, 4) is 0 Å². The molecular weight excluding hydrogens is 298 g/mol. The Hall–Kier alpha value is -1.69. The second-order valence-corrected chi connectivity index (χ2v) is 4.74. The molecule has 0 saturated heterocycles. The van der Waals surface area contributed by atoms with Crippen LogP contribution in [0.3, 0.4) is 0 Å². The van der Waals surface area contributed by atoms with Gasteiger partial charge in [0, 0.05) is 10.0 Å². The lowest BCUT2D eigenvalue weighted by molar-refractivity contribution is 0.0946. The van der Waals surface area contributed by atoms with E-state index in [4.69, 9.17) is 4.52 Å². The minimum Gasteiger partial charge on any atom is -0.343 e. The first-order valence-electron chi connectivity index (χ1n) is 5.40. The fourth-order valence-corrected chi connectivity index (χ4v) is 1.70.